The molecule has 0 aromatic carbocycles. The van der Waals surface area contributed by atoms with Crippen LogP contribution in [0.2, 0.25) is 0 Å². The lowest BCUT2D eigenvalue weighted by atomic mass is 10.0. The fourth-order valence-corrected chi connectivity index (χ4v) is 2.86. The Balaban J connectivity index is 1.48. The van der Waals surface area contributed by atoms with E-state index in [1.165, 1.54) is 18.4 Å². The lowest BCUT2D eigenvalue weighted by molar-refractivity contribution is -0.106. The molecule has 112 valence electrons. The Morgan fingerprint density at radius 2 is 2.00 bits per heavy atom. The number of ether oxygens (including phenoxy) is 2. The first-order valence-electron chi connectivity index (χ1n) is 7.76. The molecule has 1 aliphatic heterocycles. The van der Waals surface area contributed by atoms with Gasteiger partial charge in [-0.15, -0.1) is 0 Å². The summed E-state index contributed by atoms with van der Waals surface area (Å²) in [6.45, 7) is 5.70. The molecule has 2 fully saturated rings. The second-order valence-electron chi connectivity index (χ2n) is 6.19. The molecule has 0 radical (unpaired) electrons. The van der Waals surface area contributed by atoms with Crippen molar-refractivity contribution in [3.05, 3.63) is 23.7 Å². The largest absolute Gasteiger partial charge is 0.468 e. The zero-order valence-corrected chi connectivity index (χ0v) is 12.4. The first-order valence-corrected chi connectivity index (χ1v) is 7.76. The van der Waals surface area contributed by atoms with Crippen LogP contribution in [0.5, 0.6) is 0 Å². The molecule has 0 amide bonds. The van der Waals surface area contributed by atoms with Crippen molar-refractivity contribution in [1.29, 1.82) is 0 Å². The van der Waals surface area contributed by atoms with Crippen molar-refractivity contribution in [2.24, 2.45) is 0 Å². The van der Waals surface area contributed by atoms with E-state index < -0.39 is 0 Å². The SMILES string of the molecule is CC1CC(OCc2ccoc2CNC2CC2)CC(C)O1. The predicted octanol–water partition coefficient (Wildman–Crippen LogP) is 3.00. The first-order chi connectivity index (χ1) is 9.70. The van der Waals surface area contributed by atoms with Gasteiger partial charge >= 0.3 is 0 Å². The number of rotatable bonds is 6. The summed E-state index contributed by atoms with van der Waals surface area (Å²) in [5.41, 5.74) is 1.17. The van der Waals surface area contributed by atoms with E-state index in [-0.39, 0.29) is 0 Å². The van der Waals surface area contributed by atoms with Crippen LogP contribution in [-0.2, 0) is 22.6 Å². The lowest BCUT2D eigenvalue weighted by Crippen LogP contribution is -2.34. The van der Waals surface area contributed by atoms with Crippen molar-refractivity contribution < 1.29 is 13.9 Å². The molecule has 2 unspecified atom stereocenters. The molecule has 1 aliphatic carbocycles. The standard InChI is InChI=1S/C16H25NO3/c1-11-7-15(8-12(2)20-11)19-10-13-5-6-18-16(13)9-17-14-3-4-14/h5-6,11-12,14-15,17H,3-4,7-10H2,1-2H3. The predicted molar refractivity (Wildman–Crippen MR) is 76.4 cm³/mol. The summed E-state index contributed by atoms with van der Waals surface area (Å²) in [4.78, 5) is 0. The van der Waals surface area contributed by atoms with Gasteiger partial charge < -0.3 is 19.2 Å². The number of nitrogens with one attached hydrogen (secondary N) is 1. The average molecular weight is 279 g/mol. The normalized spacial score (nSPS) is 30.6. The summed E-state index contributed by atoms with van der Waals surface area (Å²) in [7, 11) is 0. The Labute approximate surface area is 120 Å². The Kier molecular flexibility index (Phi) is 4.44. The van der Waals surface area contributed by atoms with Gasteiger partial charge in [-0.2, -0.15) is 0 Å². The molecule has 1 aromatic heterocycles. The Morgan fingerprint density at radius 1 is 1.25 bits per heavy atom. The van der Waals surface area contributed by atoms with Gasteiger partial charge in [0.2, 0.25) is 0 Å². The summed E-state index contributed by atoms with van der Waals surface area (Å²) in [5.74, 6) is 1.02. The van der Waals surface area contributed by atoms with E-state index in [0.29, 0.717) is 31.0 Å². The third-order valence-corrected chi connectivity index (χ3v) is 4.10. The van der Waals surface area contributed by atoms with Crippen molar-refractivity contribution in [3.63, 3.8) is 0 Å². The molecule has 1 saturated carbocycles. The van der Waals surface area contributed by atoms with E-state index in [1.807, 2.05) is 6.07 Å². The van der Waals surface area contributed by atoms with E-state index >= 15 is 0 Å². The zero-order valence-electron chi connectivity index (χ0n) is 12.4. The van der Waals surface area contributed by atoms with Gasteiger partial charge in [0, 0.05) is 11.6 Å². The molecule has 2 atom stereocenters. The third-order valence-electron chi connectivity index (χ3n) is 4.10. The van der Waals surface area contributed by atoms with Crippen LogP contribution >= 0.6 is 0 Å². The van der Waals surface area contributed by atoms with Crippen LogP contribution in [0, 0.1) is 0 Å². The summed E-state index contributed by atoms with van der Waals surface area (Å²) in [5, 5.41) is 3.48. The Hall–Kier alpha value is -0.840. The highest BCUT2D eigenvalue weighted by Crippen LogP contribution is 2.24. The minimum atomic E-state index is 0.295. The topological polar surface area (TPSA) is 43.6 Å². The molecule has 20 heavy (non-hydrogen) atoms. The minimum absolute atomic E-state index is 0.295. The van der Waals surface area contributed by atoms with Gasteiger partial charge in [-0.3, -0.25) is 0 Å². The van der Waals surface area contributed by atoms with Crippen molar-refractivity contribution in [2.75, 3.05) is 0 Å². The maximum absolute atomic E-state index is 6.06. The maximum Gasteiger partial charge on any atom is 0.123 e. The number of hydrogen-bond acceptors (Lipinski definition) is 4. The maximum atomic E-state index is 6.06. The van der Waals surface area contributed by atoms with E-state index in [9.17, 15) is 0 Å². The number of hydrogen-bond donors (Lipinski definition) is 1. The van der Waals surface area contributed by atoms with Gasteiger partial charge in [-0.25, -0.2) is 0 Å². The highest BCUT2D eigenvalue weighted by molar-refractivity contribution is 5.16. The van der Waals surface area contributed by atoms with Gasteiger partial charge in [-0.05, 0) is 45.6 Å². The molecule has 4 nitrogen and oxygen atoms in total. The quantitative estimate of drug-likeness (QED) is 0.869. The summed E-state index contributed by atoms with van der Waals surface area (Å²) >= 11 is 0. The molecule has 3 rings (SSSR count). The highest BCUT2D eigenvalue weighted by Gasteiger charge is 2.25. The molecule has 2 aliphatic rings. The van der Waals surface area contributed by atoms with Gasteiger partial charge in [0.05, 0.1) is 37.7 Å². The minimum Gasteiger partial charge on any atom is -0.468 e. The van der Waals surface area contributed by atoms with E-state index in [1.54, 1.807) is 6.26 Å². The van der Waals surface area contributed by atoms with Crippen LogP contribution in [-0.4, -0.2) is 24.4 Å². The smallest absolute Gasteiger partial charge is 0.123 e. The van der Waals surface area contributed by atoms with Crippen LogP contribution < -0.4 is 5.32 Å². The average Bonchev–Trinajstić information content (AvgIpc) is 3.12. The molecular formula is C16H25NO3. The second kappa shape index (κ2) is 6.29. The van der Waals surface area contributed by atoms with Crippen LogP contribution in [0.15, 0.2) is 16.7 Å². The molecule has 4 heteroatoms. The van der Waals surface area contributed by atoms with Gasteiger partial charge in [0.1, 0.15) is 5.76 Å². The van der Waals surface area contributed by atoms with E-state index in [2.05, 4.69) is 19.2 Å². The number of furan rings is 1. The molecule has 1 N–H and O–H groups in total. The van der Waals surface area contributed by atoms with Crippen molar-refractivity contribution in [1.82, 2.24) is 5.32 Å². The van der Waals surface area contributed by atoms with Gasteiger partial charge in [0.15, 0.2) is 0 Å². The molecular weight excluding hydrogens is 254 g/mol. The summed E-state index contributed by atoms with van der Waals surface area (Å²) < 4.78 is 17.4. The van der Waals surface area contributed by atoms with Gasteiger partial charge in [0.25, 0.3) is 0 Å². The van der Waals surface area contributed by atoms with Crippen LogP contribution in [0.1, 0.15) is 50.9 Å². The fraction of sp³-hybridized carbons (Fsp3) is 0.750. The van der Waals surface area contributed by atoms with Crippen LogP contribution in [0.25, 0.3) is 0 Å². The second-order valence-corrected chi connectivity index (χ2v) is 6.19. The molecule has 0 spiro atoms. The van der Waals surface area contributed by atoms with Crippen LogP contribution in [0.4, 0.5) is 0 Å². The third kappa shape index (κ3) is 3.84. The summed E-state index contributed by atoms with van der Waals surface area (Å²) in [6, 6.07) is 2.72. The first kappa shape index (κ1) is 14.1. The van der Waals surface area contributed by atoms with Crippen molar-refractivity contribution in [2.45, 2.75) is 77.0 Å². The van der Waals surface area contributed by atoms with E-state index in [0.717, 1.165) is 25.1 Å². The van der Waals surface area contributed by atoms with Crippen molar-refractivity contribution >= 4 is 0 Å². The molecule has 1 saturated heterocycles. The molecule has 1 aromatic rings. The summed E-state index contributed by atoms with van der Waals surface area (Å²) in [6.07, 6.45) is 7.21. The van der Waals surface area contributed by atoms with E-state index in [4.69, 9.17) is 13.9 Å². The van der Waals surface area contributed by atoms with Crippen molar-refractivity contribution in [3.8, 4) is 0 Å². The Morgan fingerprint density at radius 3 is 2.70 bits per heavy atom. The fourth-order valence-electron chi connectivity index (χ4n) is 2.86. The Bertz CT molecular complexity index is 417. The van der Waals surface area contributed by atoms with Crippen LogP contribution in [0.3, 0.4) is 0 Å². The lowest BCUT2D eigenvalue weighted by Gasteiger charge is -2.31. The zero-order chi connectivity index (χ0) is 13.9. The highest BCUT2D eigenvalue weighted by atomic mass is 16.5. The molecule has 0 bridgehead atoms. The van der Waals surface area contributed by atoms with Gasteiger partial charge in [-0.1, -0.05) is 0 Å². The monoisotopic (exact) mass is 279 g/mol. The molecule has 2 heterocycles.